The second-order valence-electron chi connectivity index (χ2n) is 4.73. The number of hydrogen-bond donors (Lipinski definition) is 1. The lowest BCUT2D eigenvalue weighted by molar-refractivity contribution is -0.111. The molecule has 0 saturated heterocycles. The maximum absolute atomic E-state index is 12.0. The van der Waals surface area contributed by atoms with Crippen LogP contribution in [0.4, 0.5) is 5.69 Å². The molecule has 0 aliphatic heterocycles. The van der Waals surface area contributed by atoms with Gasteiger partial charge in [-0.15, -0.1) is 11.3 Å². The number of methoxy groups -OCH3 is 1. The van der Waals surface area contributed by atoms with Crippen molar-refractivity contribution in [1.29, 1.82) is 0 Å². The van der Waals surface area contributed by atoms with Gasteiger partial charge in [-0.05, 0) is 30.3 Å². The van der Waals surface area contributed by atoms with Crippen LogP contribution in [0.15, 0.2) is 41.9 Å². The molecule has 0 fully saturated rings. The van der Waals surface area contributed by atoms with Crippen LogP contribution in [0.5, 0.6) is 0 Å². The molecule has 0 saturated carbocycles. The van der Waals surface area contributed by atoms with Crippen molar-refractivity contribution in [2.24, 2.45) is 0 Å². The van der Waals surface area contributed by atoms with Crippen LogP contribution in [0.1, 0.15) is 16.1 Å². The predicted octanol–water partition coefficient (Wildman–Crippen LogP) is 3.49. The van der Waals surface area contributed by atoms with Crippen LogP contribution in [0, 0.1) is 0 Å². The monoisotopic (exact) mass is 361 g/mol. The molecule has 8 heteroatoms. The van der Waals surface area contributed by atoms with E-state index in [-0.39, 0.29) is 5.91 Å². The molecule has 3 rings (SSSR count). The van der Waals surface area contributed by atoms with Crippen LogP contribution in [0.3, 0.4) is 0 Å². The topological polar surface area (TPSA) is 72.7 Å². The van der Waals surface area contributed by atoms with Gasteiger partial charge in [0.05, 0.1) is 18.4 Å². The Labute approximate surface area is 146 Å². The van der Waals surface area contributed by atoms with Gasteiger partial charge in [0, 0.05) is 23.3 Å². The summed E-state index contributed by atoms with van der Waals surface area (Å²) in [4.78, 5) is 28.3. The van der Waals surface area contributed by atoms with Crippen LogP contribution >= 0.6 is 22.9 Å². The SMILES string of the molecule is COC(=O)c1ccc(NC(=O)/C=C/c2c(Cl)nc3sccn23)cc1. The Hall–Kier alpha value is -2.64. The molecule has 1 amide bonds. The Morgan fingerprint density at radius 2 is 2.08 bits per heavy atom. The smallest absolute Gasteiger partial charge is 0.337 e. The highest BCUT2D eigenvalue weighted by Gasteiger charge is 2.09. The molecule has 2 aromatic heterocycles. The van der Waals surface area contributed by atoms with Gasteiger partial charge >= 0.3 is 5.97 Å². The largest absolute Gasteiger partial charge is 0.465 e. The van der Waals surface area contributed by atoms with E-state index in [1.807, 2.05) is 16.0 Å². The number of carbonyl (C=O) groups excluding carboxylic acids is 2. The van der Waals surface area contributed by atoms with Crippen molar-refractivity contribution in [2.75, 3.05) is 12.4 Å². The molecule has 0 unspecified atom stereocenters. The van der Waals surface area contributed by atoms with E-state index in [0.29, 0.717) is 22.1 Å². The molecule has 0 radical (unpaired) electrons. The number of nitrogens with one attached hydrogen (secondary N) is 1. The highest BCUT2D eigenvalue weighted by molar-refractivity contribution is 7.15. The number of benzene rings is 1. The molecule has 0 aliphatic carbocycles. The van der Waals surface area contributed by atoms with E-state index in [0.717, 1.165) is 4.96 Å². The van der Waals surface area contributed by atoms with Gasteiger partial charge in [0.25, 0.3) is 0 Å². The maximum atomic E-state index is 12.0. The molecular formula is C16H12ClN3O3S. The van der Waals surface area contributed by atoms with E-state index in [2.05, 4.69) is 15.0 Å². The Morgan fingerprint density at radius 3 is 2.79 bits per heavy atom. The highest BCUT2D eigenvalue weighted by atomic mass is 35.5. The van der Waals surface area contributed by atoms with E-state index >= 15 is 0 Å². The Bertz CT molecular complexity index is 928. The quantitative estimate of drug-likeness (QED) is 0.570. The Kier molecular flexibility index (Phi) is 4.64. The zero-order chi connectivity index (χ0) is 17.1. The molecule has 0 spiro atoms. The van der Waals surface area contributed by atoms with Crippen molar-refractivity contribution in [3.8, 4) is 0 Å². The number of aromatic nitrogens is 2. The third-order valence-corrected chi connectivity index (χ3v) is 4.26. The first-order valence-electron chi connectivity index (χ1n) is 6.87. The number of imidazole rings is 1. The Balaban J connectivity index is 1.70. The van der Waals surface area contributed by atoms with Crippen molar-refractivity contribution in [3.63, 3.8) is 0 Å². The molecule has 0 atom stereocenters. The van der Waals surface area contributed by atoms with Crippen LogP contribution in [-0.4, -0.2) is 28.4 Å². The minimum atomic E-state index is -0.428. The van der Waals surface area contributed by atoms with E-state index in [9.17, 15) is 9.59 Å². The van der Waals surface area contributed by atoms with E-state index in [1.54, 1.807) is 30.3 Å². The van der Waals surface area contributed by atoms with Crippen molar-refractivity contribution < 1.29 is 14.3 Å². The second-order valence-corrected chi connectivity index (χ2v) is 5.97. The third kappa shape index (κ3) is 3.32. The molecule has 0 bridgehead atoms. The first kappa shape index (κ1) is 16.2. The molecule has 0 aliphatic rings. The zero-order valence-corrected chi connectivity index (χ0v) is 14.1. The molecule has 3 aromatic rings. The molecule has 6 nitrogen and oxygen atoms in total. The average molecular weight is 362 g/mol. The minimum Gasteiger partial charge on any atom is -0.465 e. The van der Waals surface area contributed by atoms with Gasteiger partial charge < -0.3 is 10.1 Å². The second kappa shape index (κ2) is 6.86. The predicted molar refractivity (Wildman–Crippen MR) is 93.5 cm³/mol. The Morgan fingerprint density at radius 1 is 1.33 bits per heavy atom. The normalized spacial score (nSPS) is 11.1. The lowest BCUT2D eigenvalue weighted by atomic mass is 10.2. The van der Waals surface area contributed by atoms with Crippen molar-refractivity contribution in [3.05, 3.63) is 58.3 Å². The minimum absolute atomic E-state index is 0.318. The summed E-state index contributed by atoms with van der Waals surface area (Å²) in [5, 5.41) is 4.93. The van der Waals surface area contributed by atoms with Crippen molar-refractivity contribution in [2.45, 2.75) is 0 Å². The summed E-state index contributed by atoms with van der Waals surface area (Å²) in [6, 6.07) is 6.41. The molecule has 24 heavy (non-hydrogen) atoms. The molecular weight excluding hydrogens is 350 g/mol. The molecule has 1 N–H and O–H groups in total. The van der Waals surface area contributed by atoms with Gasteiger partial charge in [0.2, 0.25) is 5.91 Å². The summed E-state index contributed by atoms with van der Waals surface area (Å²) in [6.45, 7) is 0. The average Bonchev–Trinajstić information content (AvgIpc) is 3.13. The number of thiazole rings is 1. The summed E-state index contributed by atoms with van der Waals surface area (Å²) in [6.07, 6.45) is 4.82. The van der Waals surface area contributed by atoms with Crippen molar-refractivity contribution in [1.82, 2.24) is 9.38 Å². The summed E-state index contributed by atoms with van der Waals surface area (Å²) in [7, 11) is 1.31. The van der Waals surface area contributed by atoms with E-state index in [1.165, 1.54) is 24.5 Å². The van der Waals surface area contributed by atoms with Gasteiger partial charge in [-0.3, -0.25) is 9.20 Å². The van der Waals surface area contributed by atoms with Crippen LogP contribution in [-0.2, 0) is 9.53 Å². The number of amides is 1. The van der Waals surface area contributed by atoms with Crippen LogP contribution in [0.2, 0.25) is 5.15 Å². The number of rotatable bonds is 4. The molecule has 1 aromatic carbocycles. The number of halogens is 1. The van der Waals surface area contributed by atoms with Gasteiger partial charge in [0.1, 0.15) is 0 Å². The van der Waals surface area contributed by atoms with Gasteiger partial charge in [-0.25, -0.2) is 9.78 Å². The number of fused-ring (bicyclic) bond motifs is 1. The maximum Gasteiger partial charge on any atom is 0.337 e. The van der Waals surface area contributed by atoms with Crippen molar-refractivity contribution >= 4 is 51.5 Å². The highest BCUT2D eigenvalue weighted by Crippen LogP contribution is 2.22. The zero-order valence-electron chi connectivity index (χ0n) is 12.5. The lowest BCUT2D eigenvalue weighted by Gasteiger charge is -2.03. The number of hydrogen-bond acceptors (Lipinski definition) is 5. The van der Waals surface area contributed by atoms with Crippen LogP contribution < -0.4 is 5.32 Å². The first-order chi connectivity index (χ1) is 11.6. The van der Waals surface area contributed by atoms with Crippen LogP contribution in [0.25, 0.3) is 11.0 Å². The van der Waals surface area contributed by atoms with E-state index < -0.39 is 5.97 Å². The summed E-state index contributed by atoms with van der Waals surface area (Å²) in [5.41, 5.74) is 1.62. The fourth-order valence-corrected chi connectivity index (χ4v) is 3.08. The number of esters is 1. The molecule has 122 valence electrons. The first-order valence-corrected chi connectivity index (χ1v) is 8.13. The van der Waals surface area contributed by atoms with Gasteiger partial charge in [0.15, 0.2) is 10.1 Å². The molecule has 2 heterocycles. The number of nitrogens with zero attached hydrogens (tertiary/aromatic N) is 2. The number of ether oxygens (including phenoxy) is 1. The number of carbonyl (C=O) groups is 2. The summed E-state index contributed by atoms with van der Waals surface area (Å²) < 4.78 is 6.43. The standard InChI is InChI=1S/C16H12ClN3O3S/c1-23-15(22)10-2-4-11(5-3-10)18-13(21)7-6-12-14(17)19-16-20(12)8-9-24-16/h2-9H,1H3,(H,18,21)/b7-6+. The number of anilines is 1. The van der Waals surface area contributed by atoms with Gasteiger partial charge in [-0.1, -0.05) is 11.6 Å². The lowest BCUT2D eigenvalue weighted by Crippen LogP contribution is -2.08. The fraction of sp³-hybridized carbons (Fsp3) is 0.0625. The summed E-state index contributed by atoms with van der Waals surface area (Å²) in [5.74, 6) is -0.745. The van der Waals surface area contributed by atoms with Gasteiger partial charge in [-0.2, -0.15) is 0 Å². The summed E-state index contributed by atoms with van der Waals surface area (Å²) >= 11 is 7.52. The fourth-order valence-electron chi connectivity index (χ4n) is 2.07. The van der Waals surface area contributed by atoms with E-state index in [4.69, 9.17) is 11.6 Å². The third-order valence-electron chi connectivity index (χ3n) is 3.22.